The molecule has 0 spiro atoms. The zero-order chi connectivity index (χ0) is 12.3. The number of rotatable bonds is 4. The van der Waals surface area contributed by atoms with Gasteiger partial charge in [0.2, 0.25) is 0 Å². The average molecular weight is 255 g/mol. The molecule has 0 amide bonds. The molecule has 0 saturated carbocycles. The van der Waals surface area contributed by atoms with E-state index in [0.29, 0.717) is 6.54 Å². The van der Waals surface area contributed by atoms with Crippen molar-refractivity contribution >= 4 is 28.2 Å². The van der Waals surface area contributed by atoms with Crippen molar-refractivity contribution in [2.24, 2.45) is 0 Å². The molecule has 0 radical (unpaired) electrons. The zero-order valence-corrected chi connectivity index (χ0v) is 9.78. The Morgan fingerprint density at radius 1 is 1.41 bits per heavy atom. The van der Waals surface area contributed by atoms with Crippen molar-refractivity contribution in [2.45, 2.75) is 6.10 Å². The molecule has 1 aromatic carbocycles. The molecule has 17 heavy (non-hydrogen) atoms. The third kappa shape index (κ3) is 3.05. The van der Waals surface area contributed by atoms with Crippen LogP contribution in [0, 0.1) is 5.82 Å². The lowest BCUT2D eigenvalue weighted by Crippen LogP contribution is -2.20. The van der Waals surface area contributed by atoms with E-state index in [2.05, 4.69) is 10.3 Å². The minimum absolute atomic E-state index is 0.177. The number of anilines is 1. The van der Waals surface area contributed by atoms with E-state index in [0.717, 1.165) is 16.6 Å². The Hall–Kier alpha value is -1.39. The van der Waals surface area contributed by atoms with Crippen molar-refractivity contribution in [1.29, 1.82) is 0 Å². The zero-order valence-electron chi connectivity index (χ0n) is 9.03. The normalized spacial score (nSPS) is 12.6. The van der Waals surface area contributed by atoms with Crippen molar-refractivity contribution in [3.8, 4) is 0 Å². The van der Waals surface area contributed by atoms with Gasteiger partial charge in [0.25, 0.3) is 0 Å². The summed E-state index contributed by atoms with van der Waals surface area (Å²) in [4.78, 5) is 3.96. The summed E-state index contributed by atoms with van der Waals surface area (Å²) in [5.74, 6) is -0.188. The van der Waals surface area contributed by atoms with Crippen LogP contribution in [-0.2, 0) is 0 Å². The fraction of sp³-hybridized carbons (Fsp3) is 0.250. The number of nitrogens with one attached hydrogen (secondary N) is 1. The van der Waals surface area contributed by atoms with E-state index in [1.54, 1.807) is 12.1 Å². The first-order valence-corrected chi connectivity index (χ1v) is 5.75. The van der Waals surface area contributed by atoms with Crippen LogP contribution >= 0.6 is 11.6 Å². The lowest BCUT2D eigenvalue weighted by atomic mass is 10.2. The van der Waals surface area contributed by atoms with E-state index in [-0.39, 0.29) is 11.7 Å². The Morgan fingerprint density at radius 2 is 2.24 bits per heavy atom. The predicted molar refractivity (Wildman–Crippen MR) is 66.9 cm³/mol. The maximum Gasteiger partial charge on any atom is 0.142 e. The third-order valence-electron chi connectivity index (χ3n) is 2.37. The smallest absolute Gasteiger partial charge is 0.142 e. The molecule has 0 aliphatic carbocycles. The number of benzene rings is 1. The highest BCUT2D eigenvalue weighted by Crippen LogP contribution is 2.18. The number of aliphatic hydroxyl groups excluding tert-OH is 1. The summed E-state index contributed by atoms with van der Waals surface area (Å²) in [6.45, 7) is 0.359. The number of hydrogen-bond acceptors (Lipinski definition) is 3. The number of nitrogens with zero attached hydrogens (tertiary/aromatic N) is 1. The van der Waals surface area contributed by atoms with Gasteiger partial charge in [-0.05, 0) is 24.3 Å². The minimum atomic E-state index is -0.599. The molecule has 1 atom stereocenters. The fourth-order valence-electron chi connectivity index (χ4n) is 1.50. The second-order valence-electron chi connectivity index (χ2n) is 3.75. The van der Waals surface area contributed by atoms with Gasteiger partial charge in [-0.3, -0.25) is 4.98 Å². The minimum Gasteiger partial charge on any atom is -0.390 e. The fourth-order valence-corrected chi connectivity index (χ4v) is 1.61. The molecule has 1 heterocycles. The standard InChI is InChI=1S/C12H12ClFN2O/c13-5-11(17)7-15-10-1-2-12-8(4-10)3-9(14)6-16-12/h1-4,6,11,15,17H,5,7H2. The van der Waals surface area contributed by atoms with E-state index >= 15 is 0 Å². The van der Waals surface area contributed by atoms with Crippen LogP contribution in [0.3, 0.4) is 0 Å². The van der Waals surface area contributed by atoms with Crippen molar-refractivity contribution < 1.29 is 9.50 Å². The summed E-state index contributed by atoms with van der Waals surface area (Å²) in [6.07, 6.45) is 0.588. The third-order valence-corrected chi connectivity index (χ3v) is 2.72. The van der Waals surface area contributed by atoms with Gasteiger partial charge in [-0.15, -0.1) is 11.6 Å². The van der Waals surface area contributed by atoms with Gasteiger partial charge in [-0.2, -0.15) is 0 Å². The monoisotopic (exact) mass is 254 g/mol. The second-order valence-corrected chi connectivity index (χ2v) is 4.06. The van der Waals surface area contributed by atoms with Crippen LogP contribution in [0.4, 0.5) is 10.1 Å². The van der Waals surface area contributed by atoms with E-state index in [1.807, 2.05) is 6.07 Å². The number of halogens is 2. The highest BCUT2D eigenvalue weighted by Gasteiger charge is 2.03. The molecule has 5 heteroatoms. The Balaban J connectivity index is 2.19. The molecule has 2 aromatic rings. The quantitative estimate of drug-likeness (QED) is 0.824. The van der Waals surface area contributed by atoms with E-state index in [9.17, 15) is 9.50 Å². The summed E-state index contributed by atoms with van der Waals surface area (Å²) in [5, 5.41) is 13.1. The first-order chi connectivity index (χ1) is 8.19. The van der Waals surface area contributed by atoms with Crippen LogP contribution in [-0.4, -0.2) is 28.6 Å². The van der Waals surface area contributed by atoms with Crippen molar-refractivity contribution in [2.75, 3.05) is 17.7 Å². The molecule has 90 valence electrons. The molecule has 1 unspecified atom stereocenters. The molecule has 2 N–H and O–H groups in total. The highest BCUT2D eigenvalue weighted by atomic mass is 35.5. The maximum atomic E-state index is 13.0. The van der Waals surface area contributed by atoms with E-state index in [1.165, 1.54) is 12.3 Å². The summed E-state index contributed by atoms with van der Waals surface area (Å²) in [7, 11) is 0. The molecule has 0 saturated heterocycles. The molecule has 0 fully saturated rings. The van der Waals surface area contributed by atoms with Crippen molar-refractivity contribution in [3.63, 3.8) is 0 Å². The van der Waals surface area contributed by atoms with Gasteiger partial charge in [-0.1, -0.05) is 0 Å². The Morgan fingerprint density at radius 3 is 3.00 bits per heavy atom. The topological polar surface area (TPSA) is 45.1 Å². The van der Waals surface area contributed by atoms with Crippen LogP contribution in [0.5, 0.6) is 0 Å². The molecular weight excluding hydrogens is 243 g/mol. The van der Waals surface area contributed by atoms with Gasteiger partial charge >= 0.3 is 0 Å². The first kappa shape index (κ1) is 12.1. The van der Waals surface area contributed by atoms with Gasteiger partial charge in [0.05, 0.1) is 23.7 Å². The van der Waals surface area contributed by atoms with Crippen LogP contribution in [0.25, 0.3) is 10.9 Å². The number of aromatic nitrogens is 1. The Bertz CT molecular complexity index is 521. The lowest BCUT2D eigenvalue weighted by molar-refractivity contribution is 0.211. The van der Waals surface area contributed by atoms with Gasteiger partial charge in [0.1, 0.15) is 5.82 Å². The number of aliphatic hydroxyl groups is 1. The van der Waals surface area contributed by atoms with E-state index in [4.69, 9.17) is 11.6 Å². The number of hydrogen-bond donors (Lipinski definition) is 2. The molecule has 2 rings (SSSR count). The van der Waals surface area contributed by atoms with E-state index < -0.39 is 6.10 Å². The molecular formula is C12H12ClFN2O. The highest BCUT2D eigenvalue weighted by molar-refractivity contribution is 6.18. The lowest BCUT2D eigenvalue weighted by Gasteiger charge is -2.10. The largest absolute Gasteiger partial charge is 0.390 e. The summed E-state index contributed by atoms with van der Waals surface area (Å²) < 4.78 is 13.0. The first-order valence-electron chi connectivity index (χ1n) is 5.22. The number of pyridine rings is 1. The van der Waals surface area contributed by atoms with Gasteiger partial charge in [-0.25, -0.2) is 4.39 Å². The van der Waals surface area contributed by atoms with Gasteiger partial charge in [0, 0.05) is 17.6 Å². The summed E-state index contributed by atoms with van der Waals surface area (Å²) in [6, 6.07) is 6.83. The maximum absolute atomic E-state index is 13.0. The van der Waals surface area contributed by atoms with Crippen molar-refractivity contribution in [3.05, 3.63) is 36.3 Å². The Labute approximate surface area is 103 Å². The number of alkyl halides is 1. The molecule has 1 aromatic heterocycles. The van der Waals surface area contributed by atoms with Crippen molar-refractivity contribution in [1.82, 2.24) is 4.98 Å². The van der Waals surface area contributed by atoms with Crippen LogP contribution in [0.1, 0.15) is 0 Å². The predicted octanol–water partition coefficient (Wildman–Crippen LogP) is 2.39. The van der Waals surface area contributed by atoms with Crippen LogP contribution in [0.15, 0.2) is 30.5 Å². The second kappa shape index (κ2) is 5.29. The van der Waals surface area contributed by atoms with Gasteiger partial charge < -0.3 is 10.4 Å². The van der Waals surface area contributed by atoms with Crippen LogP contribution in [0.2, 0.25) is 0 Å². The average Bonchev–Trinajstić information content (AvgIpc) is 2.35. The molecule has 0 aliphatic heterocycles. The summed E-state index contributed by atoms with van der Waals surface area (Å²) >= 11 is 5.48. The van der Waals surface area contributed by atoms with Gasteiger partial charge in [0.15, 0.2) is 0 Å². The molecule has 3 nitrogen and oxygen atoms in total. The molecule has 0 bridgehead atoms. The number of fused-ring (bicyclic) bond motifs is 1. The molecule has 0 aliphatic rings. The Kier molecular flexibility index (Phi) is 3.76. The van der Waals surface area contributed by atoms with Crippen LogP contribution < -0.4 is 5.32 Å². The SMILES string of the molecule is OC(CCl)CNc1ccc2ncc(F)cc2c1. The summed E-state index contributed by atoms with van der Waals surface area (Å²) in [5.41, 5.74) is 1.53.